The first-order valence-electron chi connectivity index (χ1n) is 5.07. The zero-order valence-electron chi connectivity index (χ0n) is 9.43. The zero-order valence-corrected chi connectivity index (χ0v) is 9.43. The summed E-state index contributed by atoms with van der Waals surface area (Å²) in [5.41, 5.74) is 1.89. The lowest BCUT2D eigenvalue weighted by Crippen LogP contribution is -2.06. The Morgan fingerprint density at radius 3 is 3.00 bits per heavy atom. The lowest BCUT2D eigenvalue weighted by atomic mass is 10.2. The van der Waals surface area contributed by atoms with Crippen molar-refractivity contribution in [3.8, 4) is 0 Å². The maximum Gasteiger partial charge on any atom is 0.328 e. The number of rotatable bonds is 4. The van der Waals surface area contributed by atoms with E-state index in [2.05, 4.69) is 16.0 Å². The summed E-state index contributed by atoms with van der Waals surface area (Å²) in [4.78, 5) is 18.6. The van der Waals surface area contributed by atoms with Crippen LogP contribution in [0, 0.1) is 6.92 Å². The Labute approximate surface area is 94.7 Å². The molecular formula is C12H14N2O2. The number of aliphatic imine (C=N–C) groups is 2. The molecule has 0 spiro atoms. The average Bonchev–Trinajstić information content (AvgIpc) is 2.25. The monoisotopic (exact) mass is 218 g/mol. The molecule has 0 N–H and O–H groups in total. The Morgan fingerprint density at radius 1 is 1.50 bits per heavy atom. The minimum absolute atomic E-state index is 0.0385. The minimum atomic E-state index is -0.366. The van der Waals surface area contributed by atoms with E-state index in [1.807, 2.05) is 31.2 Å². The summed E-state index contributed by atoms with van der Waals surface area (Å²) in [6.07, 6.45) is 0. The molecule has 0 atom stereocenters. The number of esters is 1. The second-order valence-electron chi connectivity index (χ2n) is 3.17. The fraction of sp³-hybridized carbons (Fsp3) is 0.333. The van der Waals surface area contributed by atoms with E-state index >= 15 is 0 Å². The predicted octanol–water partition coefficient (Wildman–Crippen LogP) is 2.36. The van der Waals surface area contributed by atoms with E-state index in [0.717, 1.165) is 11.3 Å². The first-order valence-corrected chi connectivity index (χ1v) is 5.07. The normalized spacial score (nSPS) is 9.12. The molecular weight excluding hydrogens is 204 g/mol. The molecule has 1 aromatic carbocycles. The second kappa shape index (κ2) is 6.53. The molecule has 0 aliphatic heterocycles. The van der Waals surface area contributed by atoms with Gasteiger partial charge in [-0.3, -0.25) is 4.79 Å². The molecule has 0 heterocycles. The van der Waals surface area contributed by atoms with Crippen LogP contribution in [-0.2, 0) is 9.53 Å². The van der Waals surface area contributed by atoms with Gasteiger partial charge in [-0.1, -0.05) is 12.1 Å². The van der Waals surface area contributed by atoms with Crippen LogP contribution in [0.3, 0.4) is 0 Å². The van der Waals surface area contributed by atoms with Gasteiger partial charge in [0.1, 0.15) is 6.54 Å². The largest absolute Gasteiger partial charge is 0.465 e. The lowest BCUT2D eigenvalue weighted by Gasteiger charge is -1.94. The number of aryl methyl sites for hydroxylation is 1. The predicted molar refractivity (Wildman–Crippen MR) is 62.2 cm³/mol. The number of hydrogen-bond donors (Lipinski definition) is 0. The van der Waals surface area contributed by atoms with Gasteiger partial charge in [-0.2, -0.15) is 4.99 Å². The number of ether oxygens (including phenoxy) is 1. The maximum atomic E-state index is 10.9. The standard InChI is InChI=1S/C12H14N2O2/c1-3-16-12(15)8-13-9-14-11-6-4-5-10(2)7-11/h4-7H,3,8H2,1-2H3. The van der Waals surface area contributed by atoms with E-state index in [1.54, 1.807) is 6.92 Å². The van der Waals surface area contributed by atoms with Crippen molar-refractivity contribution in [2.24, 2.45) is 9.98 Å². The number of carbonyl (C=O) groups is 1. The smallest absolute Gasteiger partial charge is 0.328 e. The lowest BCUT2D eigenvalue weighted by molar-refractivity contribution is -0.141. The molecule has 1 aromatic rings. The quantitative estimate of drug-likeness (QED) is 0.575. The summed E-state index contributed by atoms with van der Waals surface area (Å²) in [6.45, 7) is 4.06. The topological polar surface area (TPSA) is 51.0 Å². The van der Waals surface area contributed by atoms with Gasteiger partial charge in [-0.15, -0.1) is 0 Å². The SMILES string of the molecule is CCOC(=O)CN=C=Nc1cccc(C)c1. The second-order valence-corrected chi connectivity index (χ2v) is 3.17. The van der Waals surface area contributed by atoms with Crippen LogP contribution in [0.1, 0.15) is 12.5 Å². The van der Waals surface area contributed by atoms with Crippen molar-refractivity contribution in [1.29, 1.82) is 0 Å². The third-order valence-corrected chi connectivity index (χ3v) is 1.76. The average molecular weight is 218 g/mol. The summed E-state index contributed by atoms with van der Waals surface area (Å²) in [7, 11) is 0. The number of carbonyl (C=O) groups excluding carboxylic acids is 1. The molecule has 0 aromatic heterocycles. The van der Waals surface area contributed by atoms with E-state index in [-0.39, 0.29) is 12.5 Å². The molecule has 16 heavy (non-hydrogen) atoms. The van der Waals surface area contributed by atoms with Crippen molar-refractivity contribution in [2.75, 3.05) is 13.2 Å². The first kappa shape index (κ1) is 12.1. The molecule has 4 heteroatoms. The highest BCUT2D eigenvalue weighted by atomic mass is 16.5. The van der Waals surface area contributed by atoms with Crippen LogP contribution in [0.15, 0.2) is 34.3 Å². The highest BCUT2D eigenvalue weighted by Gasteiger charge is 1.96. The van der Waals surface area contributed by atoms with E-state index < -0.39 is 0 Å². The third kappa shape index (κ3) is 4.53. The van der Waals surface area contributed by atoms with Crippen LogP contribution in [-0.4, -0.2) is 25.1 Å². The number of hydrogen-bond acceptors (Lipinski definition) is 4. The van der Waals surface area contributed by atoms with Crippen LogP contribution in [0.5, 0.6) is 0 Å². The van der Waals surface area contributed by atoms with Gasteiger partial charge in [-0.05, 0) is 31.5 Å². The first-order chi connectivity index (χ1) is 7.72. The van der Waals surface area contributed by atoms with E-state index in [1.165, 1.54) is 0 Å². The van der Waals surface area contributed by atoms with Gasteiger partial charge in [0.05, 0.1) is 18.3 Å². The summed E-state index contributed by atoms with van der Waals surface area (Å²) in [6, 6.07) is 10.1. The molecule has 0 saturated heterocycles. The zero-order chi connectivity index (χ0) is 11.8. The van der Waals surface area contributed by atoms with Crippen LogP contribution >= 0.6 is 0 Å². The number of benzene rings is 1. The van der Waals surface area contributed by atoms with Gasteiger partial charge in [0.25, 0.3) is 0 Å². The van der Waals surface area contributed by atoms with E-state index in [9.17, 15) is 4.79 Å². The molecule has 0 radical (unpaired) electrons. The summed E-state index contributed by atoms with van der Waals surface area (Å²) in [5, 5.41) is 0. The van der Waals surface area contributed by atoms with Crippen LogP contribution < -0.4 is 0 Å². The fourth-order valence-corrected chi connectivity index (χ4v) is 1.10. The molecule has 0 bridgehead atoms. The summed E-state index contributed by atoms with van der Waals surface area (Å²) >= 11 is 0. The molecule has 4 nitrogen and oxygen atoms in total. The molecule has 0 amide bonds. The Kier molecular flexibility index (Phi) is 4.96. The fourth-order valence-electron chi connectivity index (χ4n) is 1.10. The summed E-state index contributed by atoms with van der Waals surface area (Å²) in [5.74, 6) is -0.366. The van der Waals surface area contributed by atoms with Gasteiger partial charge in [0.15, 0.2) is 0 Å². The number of nitrogens with zero attached hydrogens (tertiary/aromatic N) is 2. The highest BCUT2D eigenvalue weighted by Crippen LogP contribution is 2.11. The molecule has 0 aliphatic carbocycles. The highest BCUT2D eigenvalue weighted by molar-refractivity contribution is 5.73. The van der Waals surface area contributed by atoms with Gasteiger partial charge in [-0.25, -0.2) is 4.99 Å². The van der Waals surface area contributed by atoms with Crippen molar-refractivity contribution >= 4 is 17.7 Å². The summed E-state index contributed by atoms with van der Waals surface area (Å²) < 4.78 is 4.70. The van der Waals surface area contributed by atoms with Gasteiger partial charge in [0.2, 0.25) is 0 Å². The minimum Gasteiger partial charge on any atom is -0.465 e. The van der Waals surface area contributed by atoms with Crippen LogP contribution in [0.25, 0.3) is 0 Å². The van der Waals surface area contributed by atoms with Crippen LogP contribution in [0.4, 0.5) is 5.69 Å². The van der Waals surface area contributed by atoms with Crippen molar-refractivity contribution in [3.63, 3.8) is 0 Å². The molecule has 0 fully saturated rings. The molecule has 0 aliphatic rings. The molecule has 1 rings (SSSR count). The Bertz CT molecular complexity index is 421. The van der Waals surface area contributed by atoms with Crippen molar-refractivity contribution in [2.45, 2.75) is 13.8 Å². The van der Waals surface area contributed by atoms with E-state index in [4.69, 9.17) is 4.74 Å². The van der Waals surface area contributed by atoms with Gasteiger partial charge >= 0.3 is 5.97 Å². The molecule has 84 valence electrons. The maximum absolute atomic E-state index is 10.9. The van der Waals surface area contributed by atoms with Crippen LogP contribution in [0.2, 0.25) is 0 Å². The Hall–Kier alpha value is -1.93. The van der Waals surface area contributed by atoms with Crippen molar-refractivity contribution in [3.05, 3.63) is 29.8 Å². The van der Waals surface area contributed by atoms with Gasteiger partial charge < -0.3 is 4.74 Å². The Morgan fingerprint density at radius 2 is 2.31 bits per heavy atom. The van der Waals surface area contributed by atoms with E-state index in [0.29, 0.717) is 6.61 Å². The molecule has 0 unspecified atom stereocenters. The molecule has 0 saturated carbocycles. The Balaban J connectivity index is 2.53. The van der Waals surface area contributed by atoms with Crippen molar-refractivity contribution in [1.82, 2.24) is 0 Å². The van der Waals surface area contributed by atoms with Gasteiger partial charge in [0, 0.05) is 0 Å². The third-order valence-electron chi connectivity index (χ3n) is 1.76. The van der Waals surface area contributed by atoms with Crippen molar-refractivity contribution < 1.29 is 9.53 Å².